The standard InChI is InChI=1S/C17H16BFN2O2/c19-16-10-15(18(22)23)6-5-12(16)9-13-3-2-8-21-17(13)14-4-1-7-20-11-14/h1,4-7,9-11,22-23H,2-3,8H2/b13-9+. The van der Waals surface area contributed by atoms with E-state index in [0.717, 1.165) is 42.3 Å². The first-order chi connectivity index (χ1) is 11.1. The highest BCUT2D eigenvalue weighted by molar-refractivity contribution is 6.58. The average molecular weight is 310 g/mol. The van der Waals surface area contributed by atoms with Crippen molar-refractivity contribution < 1.29 is 14.4 Å². The minimum atomic E-state index is -1.67. The van der Waals surface area contributed by atoms with E-state index in [9.17, 15) is 4.39 Å². The molecule has 1 aliphatic rings. The molecule has 0 aliphatic carbocycles. The van der Waals surface area contributed by atoms with E-state index in [1.165, 1.54) is 6.07 Å². The predicted octanol–water partition coefficient (Wildman–Crippen LogP) is 1.57. The zero-order chi connectivity index (χ0) is 16.2. The largest absolute Gasteiger partial charge is 0.488 e. The maximum Gasteiger partial charge on any atom is 0.488 e. The van der Waals surface area contributed by atoms with Gasteiger partial charge < -0.3 is 10.0 Å². The van der Waals surface area contributed by atoms with Crippen LogP contribution < -0.4 is 5.46 Å². The van der Waals surface area contributed by atoms with Gasteiger partial charge in [-0.15, -0.1) is 0 Å². The molecule has 0 radical (unpaired) electrons. The Morgan fingerprint density at radius 2 is 2.09 bits per heavy atom. The zero-order valence-corrected chi connectivity index (χ0v) is 12.5. The van der Waals surface area contributed by atoms with Crippen LogP contribution in [-0.2, 0) is 0 Å². The lowest BCUT2D eigenvalue weighted by molar-refractivity contribution is 0.425. The molecule has 4 nitrogen and oxygen atoms in total. The summed E-state index contributed by atoms with van der Waals surface area (Å²) < 4.78 is 14.2. The molecule has 0 fully saturated rings. The number of halogens is 1. The maximum atomic E-state index is 14.2. The fraction of sp³-hybridized carbons (Fsp3) is 0.176. The SMILES string of the molecule is OB(O)c1ccc(/C=C2\CCCN=C2c2cccnc2)c(F)c1. The molecule has 116 valence electrons. The van der Waals surface area contributed by atoms with Gasteiger partial charge in [0, 0.05) is 30.1 Å². The fourth-order valence-corrected chi connectivity index (χ4v) is 2.61. The minimum Gasteiger partial charge on any atom is -0.423 e. The summed E-state index contributed by atoms with van der Waals surface area (Å²) >= 11 is 0. The topological polar surface area (TPSA) is 65.7 Å². The van der Waals surface area contributed by atoms with E-state index >= 15 is 0 Å². The second-order valence-corrected chi connectivity index (χ2v) is 5.40. The molecule has 2 heterocycles. The average Bonchev–Trinajstić information content (AvgIpc) is 2.58. The van der Waals surface area contributed by atoms with E-state index in [2.05, 4.69) is 9.98 Å². The number of hydrogen-bond donors (Lipinski definition) is 2. The monoisotopic (exact) mass is 310 g/mol. The molecule has 0 saturated carbocycles. The summed E-state index contributed by atoms with van der Waals surface area (Å²) in [5, 5.41) is 18.2. The molecule has 1 aromatic carbocycles. The number of aromatic nitrogens is 1. The Balaban J connectivity index is 1.97. The molecule has 2 N–H and O–H groups in total. The van der Waals surface area contributed by atoms with Crippen molar-refractivity contribution in [3.63, 3.8) is 0 Å². The molecule has 6 heteroatoms. The molecule has 2 aromatic rings. The van der Waals surface area contributed by atoms with Crippen molar-refractivity contribution in [1.82, 2.24) is 4.98 Å². The molecular formula is C17H16BFN2O2. The molecule has 0 unspecified atom stereocenters. The van der Waals surface area contributed by atoms with E-state index in [4.69, 9.17) is 10.0 Å². The summed E-state index contributed by atoms with van der Waals surface area (Å²) in [6.45, 7) is 0.750. The van der Waals surface area contributed by atoms with E-state index in [1.54, 1.807) is 24.5 Å². The van der Waals surface area contributed by atoms with Crippen LogP contribution in [0.3, 0.4) is 0 Å². The highest BCUT2D eigenvalue weighted by atomic mass is 19.1. The van der Waals surface area contributed by atoms with Gasteiger partial charge in [0.15, 0.2) is 0 Å². The van der Waals surface area contributed by atoms with Crippen molar-refractivity contribution in [2.45, 2.75) is 12.8 Å². The molecule has 0 spiro atoms. The van der Waals surface area contributed by atoms with Crippen molar-refractivity contribution in [1.29, 1.82) is 0 Å². The molecule has 1 aliphatic heterocycles. The van der Waals surface area contributed by atoms with Gasteiger partial charge in [-0.05, 0) is 48.2 Å². The number of rotatable bonds is 3. The Kier molecular flexibility index (Phi) is 4.64. The van der Waals surface area contributed by atoms with Crippen molar-refractivity contribution in [3.05, 3.63) is 65.2 Å². The van der Waals surface area contributed by atoms with E-state index in [1.807, 2.05) is 12.1 Å². The number of benzene rings is 1. The summed E-state index contributed by atoms with van der Waals surface area (Å²) in [6, 6.07) is 7.98. The first-order valence-electron chi connectivity index (χ1n) is 7.46. The van der Waals surface area contributed by atoms with Gasteiger partial charge in [-0.2, -0.15) is 0 Å². The van der Waals surface area contributed by atoms with Crippen molar-refractivity contribution in [2.24, 2.45) is 4.99 Å². The third kappa shape index (κ3) is 3.55. The van der Waals surface area contributed by atoms with Gasteiger partial charge in [-0.3, -0.25) is 9.98 Å². The van der Waals surface area contributed by atoms with Crippen LogP contribution in [0.4, 0.5) is 4.39 Å². The van der Waals surface area contributed by atoms with Gasteiger partial charge >= 0.3 is 7.12 Å². The Morgan fingerprint density at radius 3 is 2.78 bits per heavy atom. The van der Waals surface area contributed by atoms with Gasteiger partial charge in [0.05, 0.1) is 5.71 Å². The van der Waals surface area contributed by atoms with Gasteiger partial charge in [-0.25, -0.2) is 4.39 Å². The molecule has 0 amide bonds. The normalized spacial score (nSPS) is 16.3. The van der Waals surface area contributed by atoms with Gasteiger partial charge in [0.2, 0.25) is 0 Å². The molecule has 23 heavy (non-hydrogen) atoms. The van der Waals surface area contributed by atoms with Crippen molar-refractivity contribution in [3.8, 4) is 0 Å². The Labute approximate surface area is 134 Å². The summed E-state index contributed by atoms with van der Waals surface area (Å²) in [6.07, 6.45) is 6.96. The number of aliphatic imine (C=N–C) groups is 1. The van der Waals surface area contributed by atoms with E-state index in [0.29, 0.717) is 5.56 Å². The molecule has 1 aromatic heterocycles. The first kappa shape index (κ1) is 15.6. The maximum absolute atomic E-state index is 14.2. The van der Waals surface area contributed by atoms with Crippen LogP contribution in [-0.4, -0.2) is 34.4 Å². The molecule has 0 atom stereocenters. The first-order valence-corrected chi connectivity index (χ1v) is 7.46. The van der Waals surface area contributed by atoms with Crippen LogP contribution in [0.25, 0.3) is 6.08 Å². The Morgan fingerprint density at radius 1 is 1.22 bits per heavy atom. The lowest BCUT2D eigenvalue weighted by atomic mass is 9.80. The third-order valence-corrected chi connectivity index (χ3v) is 3.77. The number of hydrogen-bond acceptors (Lipinski definition) is 4. The van der Waals surface area contributed by atoms with Crippen molar-refractivity contribution in [2.75, 3.05) is 6.54 Å². The predicted molar refractivity (Wildman–Crippen MR) is 89.1 cm³/mol. The molecular weight excluding hydrogens is 294 g/mol. The second-order valence-electron chi connectivity index (χ2n) is 5.40. The lowest BCUT2D eigenvalue weighted by Gasteiger charge is -2.16. The second kappa shape index (κ2) is 6.85. The van der Waals surface area contributed by atoms with Crippen LogP contribution in [0.1, 0.15) is 24.0 Å². The quantitative estimate of drug-likeness (QED) is 0.846. The summed E-state index contributed by atoms with van der Waals surface area (Å²) in [4.78, 5) is 8.67. The van der Waals surface area contributed by atoms with Gasteiger partial charge in [0.1, 0.15) is 5.82 Å². The lowest BCUT2D eigenvalue weighted by Crippen LogP contribution is -2.30. The number of nitrogens with zero attached hydrogens (tertiary/aromatic N) is 2. The van der Waals surface area contributed by atoms with E-state index < -0.39 is 12.9 Å². The third-order valence-electron chi connectivity index (χ3n) is 3.77. The molecule has 3 rings (SSSR count). The summed E-state index contributed by atoms with van der Waals surface area (Å²) in [5.74, 6) is -0.487. The highest BCUT2D eigenvalue weighted by Gasteiger charge is 2.16. The van der Waals surface area contributed by atoms with Crippen LogP contribution >= 0.6 is 0 Å². The molecule has 0 bridgehead atoms. The summed E-state index contributed by atoms with van der Waals surface area (Å²) in [7, 11) is -1.67. The fourth-order valence-electron chi connectivity index (χ4n) is 2.61. The summed E-state index contributed by atoms with van der Waals surface area (Å²) in [5.41, 5.74) is 3.26. The highest BCUT2D eigenvalue weighted by Crippen LogP contribution is 2.22. The van der Waals surface area contributed by atoms with Crippen LogP contribution in [0.2, 0.25) is 0 Å². The van der Waals surface area contributed by atoms with Crippen LogP contribution in [0.15, 0.2) is 53.3 Å². The minimum absolute atomic E-state index is 0.134. The van der Waals surface area contributed by atoms with Gasteiger partial charge in [0.25, 0.3) is 0 Å². The Bertz CT molecular complexity index is 760. The number of pyridine rings is 1. The van der Waals surface area contributed by atoms with Gasteiger partial charge in [-0.1, -0.05) is 12.1 Å². The van der Waals surface area contributed by atoms with E-state index in [-0.39, 0.29) is 5.46 Å². The van der Waals surface area contributed by atoms with Crippen molar-refractivity contribution >= 4 is 24.4 Å². The molecule has 0 saturated heterocycles. The van der Waals surface area contributed by atoms with Crippen LogP contribution in [0.5, 0.6) is 0 Å². The zero-order valence-electron chi connectivity index (χ0n) is 12.5. The smallest absolute Gasteiger partial charge is 0.423 e. The number of allylic oxidation sites excluding steroid dienone is 1. The van der Waals surface area contributed by atoms with Crippen LogP contribution in [0, 0.1) is 5.82 Å². The Hall–Kier alpha value is -2.31.